The number of allylic oxidation sites excluding steroid dienone is 3. The highest BCUT2D eigenvalue weighted by molar-refractivity contribution is 6.08. The molecule has 5 rings (SSSR count). The number of hydrogen-bond acceptors (Lipinski definition) is 7. The minimum absolute atomic E-state index is 0.00142. The number of carbonyl (C=O) groups excluding carboxylic acids is 4. The average molecular weight is 607 g/mol. The number of alkyl carbamates (subject to hydrolysis) is 1. The van der Waals surface area contributed by atoms with E-state index in [2.05, 4.69) is 39.1 Å². The molecule has 0 aromatic carbocycles. The van der Waals surface area contributed by atoms with Gasteiger partial charge in [0, 0.05) is 17.3 Å². The van der Waals surface area contributed by atoms with E-state index in [1.165, 1.54) is 7.11 Å². The summed E-state index contributed by atoms with van der Waals surface area (Å²) in [4.78, 5) is 55.0. The number of ether oxygens (including phenoxy) is 2. The number of amides is 1. The maximum atomic E-state index is 14.6. The fraction of sp³-hybridized carbons (Fsp3) is 0.750. The second-order valence-corrected chi connectivity index (χ2v) is 17.0. The Balaban J connectivity index is 1.65. The molecule has 240 valence electrons. The van der Waals surface area contributed by atoms with Gasteiger partial charge in [-0.25, -0.2) is 4.79 Å². The summed E-state index contributed by atoms with van der Waals surface area (Å²) in [5.74, 6) is -1.50. The van der Waals surface area contributed by atoms with E-state index in [4.69, 9.17) is 9.47 Å². The van der Waals surface area contributed by atoms with Gasteiger partial charge >= 0.3 is 12.1 Å². The Morgan fingerprint density at radius 3 is 2.23 bits per heavy atom. The van der Waals surface area contributed by atoms with Gasteiger partial charge in [-0.2, -0.15) is 5.26 Å². The summed E-state index contributed by atoms with van der Waals surface area (Å²) >= 11 is 0. The predicted octanol–water partition coefficient (Wildman–Crippen LogP) is 6.64. The average Bonchev–Trinajstić information content (AvgIpc) is 2.90. The number of methoxy groups -OCH3 is 1. The smallest absolute Gasteiger partial charge is 0.408 e. The highest BCUT2D eigenvalue weighted by Gasteiger charge is 2.71. The molecule has 8 nitrogen and oxygen atoms in total. The lowest BCUT2D eigenvalue weighted by Gasteiger charge is -2.68. The predicted molar refractivity (Wildman–Crippen MR) is 165 cm³/mol. The van der Waals surface area contributed by atoms with Crippen molar-refractivity contribution in [1.82, 2.24) is 5.32 Å². The van der Waals surface area contributed by atoms with Crippen molar-refractivity contribution in [2.75, 3.05) is 7.11 Å². The number of Topliss-reactive ketones (excluding diaryl/α,β-unsaturated/α-hetero) is 1. The molecule has 0 aliphatic heterocycles. The molecule has 0 saturated heterocycles. The second kappa shape index (κ2) is 9.77. The third-order valence-corrected chi connectivity index (χ3v) is 12.9. The molecule has 1 amide bonds. The van der Waals surface area contributed by atoms with Gasteiger partial charge < -0.3 is 14.8 Å². The second-order valence-electron chi connectivity index (χ2n) is 17.0. The van der Waals surface area contributed by atoms with Crippen LogP contribution in [0.2, 0.25) is 0 Å². The molecule has 0 aromatic rings. The zero-order valence-corrected chi connectivity index (χ0v) is 28.2. The van der Waals surface area contributed by atoms with Crippen LogP contribution in [0.3, 0.4) is 0 Å². The first kappa shape index (κ1) is 32.4. The number of esters is 1. The van der Waals surface area contributed by atoms with Crippen molar-refractivity contribution in [3.63, 3.8) is 0 Å². The number of hydrogen-bond donors (Lipinski definition) is 1. The van der Waals surface area contributed by atoms with Crippen molar-refractivity contribution >= 4 is 23.6 Å². The van der Waals surface area contributed by atoms with E-state index in [9.17, 15) is 24.4 Å². The van der Waals surface area contributed by atoms with Gasteiger partial charge in [0.15, 0.2) is 11.6 Å². The summed E-state index contributed by atoms with van der Waals surface area (Å²) in [6, 6.07) is 2.10. The van der Waals surface area contributed by atoms with Crippen LogP contribution in [0.25, 0.3) is 0 Å². The van der Waals surface area contributed by atoms with Gasteiger partial charge in [0.1, 0.15) is 17.2 Å². The largest absolute Gasteiger partial charge is 0.469 e. The number of nitrogens with zero attached hydrogens (tertiary/aromatic N) is 1. The van der Waals surface area contributed by atoms with Crippen LogP contribution in [0, 0.1) is 56.2 Å². The van der Waals surface area contributed by atoms with Gasteiger partial charge in [-0.15, -0.1) is 0 Å². The number of nitriles is 1. The van der Waals surface area contributed by atoms with Crippen LogP contribution in [-0.4, -0.2) is 41.9 Å². The van der Waals surface area contributed by atoms with Gasteiger partial charge in [0.05, 0.1) is 18.1 Å². The molecule has 0 heterocycles. The maximum Gasteiger partial charge on any atom is 0.408 e. The van der Waals surface area contributed by atoms with Crippen molar-refractivity contribution in [3.05, 3.63) is 23.3 Å². The lowest BCUT2D eigenvalue weighted by molar-refractivity contribution is -0.190. The van der Waals surface area contributed by atoms with Gasteiger partial charge in [-0.3, -0.25) is 14.4 Å². The number of ketones is 2. The molecule has 3 fully saturated rings. The van der Waals surface area contributed by atoms with Gasteiger partial charge in [0.25, 0.3) is 0 Å². The minimum Gasteiger partial charge on any atom is -0.469 e. The van der Waals surface area contributed by atoms with Crippen LogP contribution in [0.15, 0.2) is 23.3 Å². The Labute approximate surface area is 262 Å². The molecule has 0 spiro atoms. The Kier molecular flexibility index (Phi) is 7.21. The Morgan fingerprint density at radius 1 is 1.00 bits per heavy atom. The number of fused-ring (bicyclic) bond motifs is 7. The SMILES string of the molecule is COC(=O)[C@]12CCC(C)(C)CC1[C@@H]1C(=O)C=C3[C@@]4(C)C=C(C#N)C(=O)[C@@](C)(NC(=O)OC(C)(C)C)C4CC[C@@]3(C)[C@]1(C)CC2. The molecule has 8 atom stereocenters. The van der Waals surface area contributed by atoms with Gasteiger partial charge in [-0.05, 0) is 101 Å². The topological polar surface area (TPSA) is 123 Å². The third-order valence-electron chi connectivity index (χ3n) is 12.9. The summed E-state index contributed by atoms with van der Waals surface area (Å²) in [6.45, 7) is 17.9. The summed E-state index contributed by atoms with van der Waals surface area (Å²) in [6.07, 6.45) is 7.91. The Hall–Kier alpha value is -2.95. The summed E-state index contributed by atoms with van der Waals surface area (Å²) in [5, 5.41) is 13.0. The first-order chi connectivity index (χ1) is 20.1. The number of nitrogens with one attached hydrogen (secondary N) is 1. The van der Waals surface area contributed by atoms with E-state index >= 15 is 0 Å². The van der Waals surface area contributed by atoms with E-state index in [1.54, 1.807) is 39.8 Å². The van der Waals surface area contributed by atoms with Crippen molar-refractivity contribution in [2.24, 2.45) is 44.8 Å². The lowest BCUT2D eigenvalue weighted by Crippen LogP contribution is -2.69. The van der Waals surface area contributed by atoms with Crippen LogP contribution in [0.5, 0.6) is 0 Å². The van der Waals surface area contributed by atoms with Gasteiger partial charge in [0.2, 0.25) is 0 Å². The summed E-state index contributed by atoms with van der Waals surface area (Å²) in [7, 11) is 1.46. The highest BCUT2D eigenvalue weighted by Crippen LogP contribution is 2.74. The molecule has 44 heavy (non-hydrogen) atoms. The molecule has 0 radical (unpaired) electrons. The molecule has 3 saturated carbocycles. The van der Waals surface area contributed by atoms with Gasteiger partial charge in [-0.1, -0.05) is 46.3 Å². The Bertz CT molecular complexity index is 1430. The van der Waals surface area contributed by atoms with Crippen molar-refractivity contribution in [2.45, 2.75) is 118 Å². The fourth-order valence-corrected chi connectivity index (χ4v) is 10.6. The van der Waals surface area contributed by atoms with Crippen LogP contribution >= 0.6 is 0 Å². The lowest BCUT2D eigenvalue weighted by atomic mass is 9.34. The molecule has 8 heteroatoms. The molecule has 2 unspecified atom stereocenters. The monoisotopic (exact) mass is 606 g/mol. The number of rotatable bonds is 2. The van der Waals surface area contributed by atoms with Crippen LogP contribution in [0.4, 0.5) is 4.79 Å². The van der Waals surface area contributed by atoms with E-state index in [-0.39, 0.29) is 34.6 Å². The quantitative estimate of drug-likeness (QED) is 0.350. The van der Waals surface area contributed by atoms with Crippen molar-refractivity contribution in [3.8, 4) is 6.07 Å². The highest BCUT2D eigenvalue weighted by atomic mass is 16.6. The molecule has 5 aliphatic carbocycles. The standard InChI is InChI=1S/C36H50N2O6/c1-30(2,3)44-29(42)38-35(9)24-11-12-33(7)25(32(24,6)18-21(20-37)27(35)40)17-23(39)26-22-19-31(4,5)13-15-36(22,28(41)43-10)16-14-34(26,33)8/h17-18,22,24,26H,11-16,19H2,1-10H3,(H,38,42)/t22?,24?,26-,32+,33-,34-,35+,36+/m1/s1. The Morgan fingerprint density at radius 2 is 1.64 bits per heavy atom. The summed E-state index contributed by atoms with van der Waals surface area (Å²) < 4.78 is 11.0. The van der Waals surface area contributed by atoms with E-state index in [0.717, 1.165) is 24.8 Å². The normalized spacial score (nSPS) is 42.6. The fourth-order valence-electron chi connectivity index (χ4n) is 10.6. The first-order valence-electron chi connectivity index (χ1n) is 16.2. The summed E-state index contributed by atoms with van der Waals surface area (Å²) in [5.41, 5.74) is -3.68. The molecule has 0 aromatic heterocycles. The molecule has 0 bridgehead atoms. The van der Waals surface area contributed by atoms with E-state index in [0.29, 0.717) is 25.7 Å². The van der Waals surface area contributed by atoms with Crippen LogP contribution in [0.1, 0.15) is 107 Å². The molecular formula is C36H50N2O6. The number of carbonyl (C=O) groups is 4. The maximum absolute atomic E-state index is 14.6. The van der Waals surface area contributed by atoms with Crippen LogP contribution < -0.4 is 5.32 Å². The first-order valence-corrected chi connectivity index (χ1v) is 16.2. The third kappa shape index (κ3) is 4.35. The zero-order valence-electron chi connectivity index (χ0n) is 28.2. The molecule has 1 N–H and O–H groups in total. The van der Waals surface area contributed by atoms with E-state index < -0.39 is 50.6 Å². The molecular weight excluding hydrogens is 556 g/mol. The molecule has 5 aliphatic rings. The minimum atomic E-state index is -1.40. The van der Waals surface area contributed by atoms with E-state index in [1.807, 2.05) is 6.92 Å². The van der Waals surface area contributed by atoms with Crippen molar-refractivity contribution < 1.29 is 28.7 Å². The zero-order chi connectivity index (χ0) is 32.9. The van der Waals surface area contributed by atoms with Crippen LogP contribution in [-0.2, 0) is 23.9 Å². The van der Waals surface area contributed by atoms with Crippen molar-refractivity contribution in [1.29, 1.82) is 5.26 Å².